The third-order valence-corrected chi connectivity index (χ3v) is 4.52. The molecule has 1 aliphatic carbocycles. The van der Waals surface area contributed by atoms with Crippen molar-refractivity contribution in [2.75, 3.05) is 12.1 Å². The van der Waals surface area contributed by atoms with E-state index >= 15 is 0 Å². The van der Waals surface area contributed by atoms with Gasteiger partial charge >= 0.3 is 0 Å². The summed E-state index contributed by atoms with van der Waals surface area (Å²) in [6, 6.07) is 13.2. The molecule has 1 heterocycles. The van der Waals surface area contributed by atoms with Gasteiger partial charge in [-0.2, -0.15) is 0 Å². The van der Waals surface area contributed by atoms with E-state index in [0.29, 0.717) is 24.7 Å². The lowest BCUT2D eigenvalue weighted by molar-refractivity contribution is -0.116. The molecule has 0 radical (unpaired) electrons. The number of nitrogens with one attached hydrogen (secondary N) is 1. The zero-order valence-electron chi connectivity index (χ0n) is 14.4. The van der Waals surface area contributed by atoms with Crippen molar-refractivity contribution in [3.8, 4) is 17.2 Å². The minimum atomic E-state index is 0.0513. The van der Waals surface area contributed by atoms with Crippen molar-refractivity contribution in [3.05, 3.63) is 60.2 Å². The summed E-state index contributed by atoms with van der Waals surface area (Å²) in [4.78, 5) is 12.2. The van der Waals surface area contributed by atoms with E-state index in [2.05, 4.69) is 17.5 Å². The molecular weight excluding hydrogens is 330 g/mol. The first kappa shape index (κ1) is 16.5. The van der Waals surface area contributed by atoms with Crippen LogP contribution < -0.4 is 19.5 Å². The molecule has 1 amide bonds. The van der Waals surface area contributed by atoms with Gasteiger partial charge in [-0.05, 0) is 48.6 Å². The second-order valence-corrected chi connectivity index (χ2v) is 6.52. The number of amides is 1. The molecule has 5 heteroatoms. The van der Waals surface area contributed by atoms with Gasteiger partial charge in [0.1, 0.15) is 12.4 Å². The van der Waals surface area contributed by atoms with Crippen LogP contribution in [0, 0.1) is 5.92 Å². The molecule has 0 bridgehead atoms. The lowest BCUT2D eigenvalue weighted by atomic mass is 10.0. The van der Waals surface area contributed by atoms with Crippen molar-refractivity contribution in [1.82, 2.24) is 0 Å². The van der Waals surface area contributed by atoms with Gasteiger partial charge in [0.25, 0.3) is 0 Å². The van der Waals surface area contributed by atoms with Crippen LogP contribution in [0.2, 0.25) is 0 Å². The molecule has 0 spiro atoms. The molecule has 5 nitrogen and oxygen atoms in total. The molecule has 1 aliphatic heterocycles. The molecule has 1 atom stereocenters. The predicted octanol–water partition coefficient (Wildman–Crippen LogP) is 4.29. The number of fused-ring (bicyclic) bond motifs is 1. The van der Waals surface area contributed by atoms with E-state index in [1.807, 2.05) is 42.5 Å². The van der Waals surface area contributed by atoms with E-state index < -0.39 is 0 Å². The molecule has 2 aromatic rings. The van der Waals surface area contributed by atoms with Crippen LogP contribution in [0.5, 0.6) is 17.2 Å². The zero-order valence-corrected chi connectivity index (χ0v) is 14.4. The van der Waals surface area contributed by atoms with Crippen LogP contribution in [0.25, 0.3) is 0 Å². The molecule has 2 aliphatic rings. The fourth-order valence-corrected chi connectivity index (χ4v) is 3.19. The highest BCUT2D eigenvalue weighted by molar-refractivity contribution is 5.91. The summed E-state index contributed by atoms with van der Waals surface area (Å²) in [6.07, 6.45) is 6.96. The molecule has 0 saturated carbocycles. The first-order valence-corrected chi connectivity index (χ1v) is 8.84. The van der Waals surface area contributed by atoms with Gasteiger partial charge in [-0.25, -0.2) is 0 Å². The van der Waals surface area contributed by atoms with Crippen molar-refractivity contribution in [3.63, 3.8) is 0 Å². The van der Waals surface area contributed by atoms with E-state index in [0.717, 1.165) is 35.6 Å². The number of hydrogen-bond acceptors (Lipinski definition) is 4. The first-order chi connectivity index (χ1) is 12.8. The normalized spacial score (nSPS) is 17.3. The molecular formula is C21H21NO4. The van der Waals surface area contributed by atoms with Crippen LogP contribution in [0.1, 0.15) is 24.8 Å². The molecule has 0 saturated heterocycles. The summed E-state index contributed by atoms with van der Waals surface area (Å²) in [5, 5.41) is 2.98. The van der Waals surface area contributed by atoms with Crippen LogP contribution in [-0.2, 0) is 11.4 Å². The third kappa shape index (κ3) is 3.99. The van der Waals surface area contributed by atoms with Crippen molar-refractivity contribution in [1.29, 1.82) is 0 Å². The highest BCUT2D eigenvalue weighted by atomic mass is 16.7. The lowest BCUT2D eigenvalue weighted by Crippen LogP contribution is -2.14. The van der Waals surface area contributed by atoms with Crippen molar-refractivity contribution >= 4 is 11.6 Å². The van der Waals surface area contributed by atoms with Crippen molar-refractivity contribution in [2.45, 2.75) is 25.9 Å². The van der Waals surface area contributed by atoms with Gasteiger partial charge in [0, 0.05) is 18.2 Å². The standard InChI is InChI=1S/C21H21NO4/c23-21(11-15-4-1-2-5-15)22-17-7-3-6-16(10-17)13-24-18-8-9-19-20(12-18)26-14-25-19/h1,3-4,6-10,12,15H,2,5,11,13-14H2,(H,22,23)/t15-/m1/s1. The number of anilines is 1. The van der Waals surface area contributed by atoms with E-state index in [1.165, 1.54) is 0 Å². The van der Waals surface area contributed by atoms with Gasteiger partial charge in [-0.1, -0.05) is 24.3 Å². The maximum Gasteiger partial charge on any atom is 0.231 e. The molecule has 2 aromatic carbocycles. The monoisotopic (exact) mass is 351 g/mol. The Morgan fingerprint density at radius 1 is 1.15 bits per heavy atom. The van der Waals surface area contributed by atoms with Gasteiger partial charge in [0.2, 0.25) is 12.7 Å². The SMILES string of the molecule is O=C(C[C@@H]1C=CCC1)Nc1cccc(COc2ccc3c(c2)OCO3)c1. The average Bonchev–Trinajstić information content (AvgIpc) is 3.31. The highest BCUT2D eigenvalue weighted by Crippen LogP contribution is 2.35. The number of benzene rings is 2. The topological polar surface area (TPSA) is 56.8 Å². The van der Waals surface area contributed by atoms with Gasteiger partial charge < -0.3 is 19.5 Å². The van der Waals surface area contributed by atoms with Crippen LogP contribution in [0.3, 0.4) is 0 Å². The molecule has 1 N–H and O–H groups in total. The number of allylic oxidation sites excluding steroid dienone is 2. The number of hydrogen-bond donors (Lipinski definition) is 1. The van der Waals surface area contributed by atoms with Crippen LogP contribution >= 0.6 is 0 Å². The molecule has 0 aromatic heterocycles. The highest BCUT2D eigenvalue weighted by Gasteiger charge is 2.15. The molecule has 4 rings (SSSR count). The van der Waals surface area contributed by atoms with Crippen LogP contribution in [0.15, 0.2) is 54.6 Å². The van der Waals surface area contributed by atoms with Crippen LogP contribution in [0.4, 0.5) is 5.69 Å². The Bertz CT molecular complexity index is 831. The van der Waals surface area contributed by atoms with E-state index in [-0.39, 0.29) is 12.7 Å². The first-order valence-electron chi connectivity index (χ1n) is 8.84. The van der Waals surface area contributed by atoms with Gasteiger partial charge in [-0.15, -0.1) is 0 Å². The quantitative estimate of drug-likeness (QED) is 0.789. The minimum absolute atomic E-state index is 0.0513. The number of carbonyl (C=O) groups is 1. The van der Waals surface area contributed by atoms with Gasteiger partial charge in [0.15, 0.2) is 11.5 Å². The summed E-state index contributed by atoms with van der Waals surface area (Å²) >= 11 is 0. The minimum Gasteiger partial charge on any atom is -0.489 e. The lowest BCUT2D eigenvalue weighted by Gasteiger charge is -2.11. The molecule has 26 heavy (non-hydrogen) atoms. The van der Waals surface area contributed by atoms with Crippen molar-refractivity contribution in [2.24, 2.45) is 5.92 Å². The van der Waals surface area contributed by atoms with E-state index in [9.17, 15) is 4.79 Å². The molecule has 0 unspecified atom stereocenters. The zero-order chi connectivity index (χ0) is 17.8. The Balaban J connectivity index is 1.33. The maximum absolute atomic E-state index is 12.2. The third-order valence-electron chi connectivity index (χ3n) is 4.52. The summed E-state index contributed by atoms with van der Waals surface area (Å²) in [5.41, 5.74) is 1.78. The number of ether oxygens (including phenoxy) is 3. The summed E-state index contributed by atoms with van der Waals surface area (Å²) in [7, 11) is 0. The largest absolute Gasteiger partial charge is 0.489 e. The Labute approximate surface area is 152 Å². The van der Waals surface area contributed by atoms with Gasteiger partial charge in [-0.3, -0.25) is 4.79 Å². The number of rotatable bonds is 6. The maximum atomic E-state index is 12.2. The second kappa shape index (κ2) is 7.52. The fourth-order valence-electron chi connectivity index (χ4n) is 3.19. The Morgan fingerprint density at radius 2 is 2.08 bits per heavy atom. The Hall–Kier alpha value is -2.95. The van der Waals surface area contributed by atoms with Gasteiger partial charge in [0.05, 0.1) is 0 Å². The summed E-state index contributed by atoms with van der Waals surface area (Å²) in [6.45, 7) is 0.659. The summed E-state index contributed by atoms with van der Waals surface area (Å²) < 4.78 is 16.5. The predicted molar refractivity (Wildman–Crippen MR) is 98.4 cm³/mol. The molecule has 0 fully saturated rings. The second-order valence-electron chi connectivity index (χ2n) is 6.52. The Kier molecular flexibility index (Phi) is 4.78. The van der Waals surface area contributed by atoms with Crippen molar-refractivity contribution < 1.29 is 19.0 Å². The molecule has 134 valence electrons. The van der Waals surface area contributed by atoms with Crippen LogP contribution in [-0.4, -0.2) is 12.7 Å². The number of carbonyl (C=O) groups excluding carboxylic acids is 1. The Morgan fingerprint density at radius 3 is 2.96 bits per heavy atom. The van der Waals surface area contributed by atoms with E-state index in [4.69, 9.17) is 14.2 Å². The van der Waals surface area contributed by atoms with E-state index in [1.54, 1.807) is 0 Å². The average molecular weight is 351 g/mol. The smallest absolute Gasteiger partial charge is 0.231 e. The summed E-state index contributed by atoms with van der Waals surface area (Å²) in [5.74, 6) is 2.57. The fraction of sp³-hybridized carbons (Fsp3) is 0.286.